The molecule has 0 aromatic heterocycles. The van der Waals surface area contributed by atoms with E-state index in [1.807, 2.05) is 0 Å². The van der Waals surface area contributed by atoms with Crippen LogP contribution in [0.4, 0.5) is 0 Å². The van der Waals surface area contributed by atoms with Crippen LogP contribution in [0.15, 0.2) is 0 Å². The molecule has 0 unspecified atom stereocenters. The van der Waals surface area contributed by atoms with E-state index in [1.54, 1.807) is 0 Å². The molecule has 0 aliphatic rings. The van der Waals surface area contributed by atoms with Crippen molar-refractivity contribution in [1.29, 1.82) is 0 Å². The molecule has 80 valence electrons. The molecular formula is H6BrKNNaO8S2. The smallest absolute Gasteiger partial charge is 1.00 e. The van der Waals surface area contributed by atoms with E-state index in [0.717, 1.165) is 0 Å². The second kappa shape index (κ2) is 25.0. The number of hydrogen-bond donors (Lipinski definition) is 5. The first-order chi connectivity index (χ1) is 4.73. The number of hydrogen-bond acceptors (Lipinski definition) is 6. The molecule has 9 nitrogen and oxygen atoms in total. The molecule has 0 aliphatic heterocycles. The molecular weight excluding hydrogens is 348 g/mol. The summed E-state index contributed by atoms with van der Waals surface area (Å²) in [6.45, 7) is 0. The quantitative estimate of drug-likeness (QED) is 0.0927. The van der Waals surface area contributed by atoms with Gasteiger partial charge in [0.15, 0.2) is 0 Å². The summed E-state index contributed by atoms with van der Waals surface area (Å²) in [5.41, 5.74) is 0. The van der Waals surface area contributed by atoms with Gasteiger partial charge in [-0.05, 0) is 0 Å². The Morgan fingerprint density at radius 1 is 1.21 bits per heavy atom. The van der Waals surface area contributed by atoms with Crippen LogP contribution in [0.2, 0.25) is 0 Å². The molecule has 0 heterocycles. The van der Waals surface area contributed by atoms with Crippen LogP contribution in [0.1, 0.15) is 0 Å². The molecule has 0 radical (unpaired) electrons. The second-order valence-electron chi connectivity index (χ2n) is 0.658. The minimum Gasteiger partial charge on any atom is -1.00 e. The maximum Gasteiger partial charge on any atom is 1.00 e. The number of nitrogens with two attached hydrogens (primary N) is 1. The van der Waals surface area contributed by atoms with Crippen LogP contribution in [0.3, 0.4) is 0 Å². The number of halogens is 1. The molecule has 0 aromatic carbocycles. The fourth-order valence-electron chi connectivity index (χ4n) is 0. The minimum absolute atomic E-state index is 0. The van der Waals surface area contributed by atoms with Crippen molar-refractivity contribution < 1.29 is 134 Å². The van der Waals surface area contributed by atoms with Gasteiger partial charge in [-0.1, -0.05) is 0 Å². The zero-order chi connectivity index (χ0) is 10.1. The molecule has 0 aromatic rings. The normalized spacial score (nSPS) is 7.07. The van der Waals surface area contributed by atoms with Crippen molar-refractivity contribution in [3.05, 3.63) is 0 Å². The Balaban J connectivity index is -0.0000000166. The van der Waals surface area contributed by atoms with E-state index in [1.165, 1.54) is 0 Å². The molecule has 0 amide bonds. The summed E-state index contributed by atoms with van der Waals surface area (Å²) < 4.78 is 55.7. The van der Waals surface area contributed by atoms with E-state index in [9.17, 15) is 0 Å². The van der Waals surface area contributed by atoms with E-state index in [0.29, 0.717) is 0 Å². The largest absolute Gasteiger partial charge is 1.00 e. The van der Waals surface area contributed by atoms with Crippen LogP contribution < -0.4 is 104 Å². The van der Waals surface area contributed by atoms with Crippen molar-refractivity contribution in [3.8, 4) is 0 Å². The summed E-state index contributed by atoms with van der Waals surface area (Å²) in [5.74, 6) is 3.50. The average Bonchev–Trinajstić information content (AvgIpc) is 1.63. The van der Waals surface area contributed by atoms with Gasteiger partial charge in [0, 0.05) is 0 Å². The molecule has 14 heteroatoms. The topological polar surface area (TPSA) is 181 Å². The monoisotopic (exact) mass is 353 g/mol. The molecule has 0 bridgehead atoms. The van der Waals surface area contributed by atoms with Crippen molar-refractivity contribution in [2.75, 3.05) is 0 Å². The van der Waals surface area contributed by atoms with Gasteiger partial charge in [0.1, 0.15) is 0 Å². The number of rotatable bonds is 0. The second-order valence-corrected chi connectivity index (χ2v) is 1.98. The predicted molar refractivity (Wildman–Crippen MR) is 31.7 cm³/mol. The Morgan fingerprint density at radius 2 is 1.21 bits per heavy atom. The fourth-order valence-corrected chi connectivity index (χ4v) is 0. The first kappa shape index (κ1) is 36.0. The third-order valence-electron chi connectivity index (χ3n) is 0. The first-order valence-corrected chi connectivity index (χ1v) is 3.90. The van der Waals surface area contributed by atoms with Gasteiger partial charge < -0.3 is 26.7 Å². The first-order valence-electron chi connectivity index (χ1n) is 1.47. The molecule has 0 rings (SSSR count). The molecule has 6 N–H and O–H groups in total. The van der Waals surface area contributed by atoms with Crippen LogP contribution in [-0.4, -0.2) is 36.0 Å². The standard InChI is InChI=1S/BrH.K.H3NO.Na.H2O4S.H2O3S/c;;1-2;;1-5(2,3)4;1-4(2)3/h1H;;2H,1H2;;(H2,1,2,3,4);(H2,1,2,3)/q;+1;;+1;;/p-2. The van der Waals surface area contributed by atoms with Crippen molar-refractivity contribution in [2.45, 2.75) is 0 Å². The molecule has 0 saturated carbocycles. The summed E-state index contributed by atoms with van der Waals surface area (Å²) in [4.78, 5) is 0. The van der Waals surface area contributed by atoms with Crippen LogP contribution in [0.5, 0.6) is 0 Å². The van der Waals surface area contributed by atoms with Crippen LogP contribution in [0.25, 0.3) is 0 Å². The van der Waals surface area contributed by atoms with Crippen LogP contribution in [-0.2, 0) is 21.8 Å². The maximum atomic E-state index is 8.67. The van der Waals surface area contributed by atoms with Gasteiger partial charge >= 0.3 is 80.9 Å². The van der Waals surface area contributed by atoms with Gasteiger partial charge in [-0.2, -0.15) is 4.21 Å². The molecule has 14 heavy (non-hydrogen) atoms. The summed E-state index contributed by atoms with van der Waals surface area (Å²) in [5, 5.41) is 6.50. The molecule has 0 atom stereocenters. The van der Waals surface area contributed by atoms with E-state index in [2.05, 4.69) is 5.90 Å². The van der Waals surface area contributed by atoms with E-state index >= 15 is 0 Å². The zero-order valence-electron chi connectivity index (χ0n) is 7.19. The summed E-state index contributed by atoms with van der Waals surface area (Å²) in [7, 11) is -4.92. The van der Waals surface area contributed by atoms with Gasteiger partial charge in [-0.25, -0.2) is 14.3 Å². The van der Waals surface area contributed by atoms with E-state index in [-0.39, 0.29) is 97.9 Å². The molecule has 0 spiro atoms. The van der Waals surface area contributed by atoms with Crippen molar-refractivity contribution in [1.82, 2.24) is 0 Å². The summed E-state index contributed by atoms with van der Waals surface area (Å²) >= 11 is -2.61. The van der Waals surface area contributed by atoms with Crippen LogP contribution in [0, 0.1) is 0 Å². The maximum absolute atomic E-state index is 8.67. The minimum atomic E-state index is -4.92. The Hall–Kier alpha value is 2.98. The average molecular weight is 354 g/mol. The van der Waals surface area contributed by atoms with Crippen molar-refractivity contribution in [3.63, 3.8) is 0 Å². The summed E-state index contributed by atoms with van der Waals surface area (Å²) in [6.07, 6.45) is 0. The van der Waals surface area contributed by atoms with Gasteiger partial charge in [0.25, 0.3) is 11.4 Å². The predicted octanol–water partition coefficient (Wildman–Crippen LogP) is -11.0. The Kier molecular flexibility index (Phi) is 64.2. The SMILES string of the molecule is NO.O=S(=O)([O-])O.O=S(O)O.[Br-].[K+].[Na+]. The third kappa shape index (κ3) is 330. The van der Waals surface area contributed by atoms with Crippen LogP contribution >= 0.6 is 0 Å². The van der Waals surface area contributed by atoms with Gasteiger partial charge in [0.05, 0.1) is 0 Å². The fraction of sp³-hybridized carbons (Fsp3) is 0. The van der Waals surface area contributed by atoms with Gasteiger partial charge in [-0.3, -0.25) is 13.7 Å². The Labute approximate surface area is 158 Å². The van der Waals surface area contributed by atoms with Crippen molar-refractivity contribution in [2.24, 2.45) is 5.90 Å². The Morgan fingerprint density at radius 3 is 1.21 bits per heavy atom. The van der Waals surface area contributed by atoms with Crippen molar-refractivity contribution >= 4 is 21.8 Å². The molecule has 0 fully saturated rings. The third-order valence-corrected chi connectivity index (χ3v) is 0. The van der Waals surface area contributed by atoms with Gasteiger partial charge in [-0.15, -0.1) is 0 Å². The Bertz CT molecular complexity index is 170. The van der Waals surface area contributed by atoms with E-state index < -0.39 is 21.8 Å². The zero-order valence-corrected chi connectivity index (χ0v) is 15.5. The summed E-state index contributed by atoms with van der Waals surface area (Å²) in [6, 6.07) is 0. The van der Waals surface area contributed by atoms with E-state index in [4.69, 9.17) is 36.0 Å². The van der Waals surface area contributed by atoms with Gasteiger partial charge in [0.2, 0.25) is 10.4 Å². The molecule has 0 aliphatic carbocycles. The molecule has 0 saturated heterocycles.